The number of rotatable bonds is 3. The fourth-order valence-corrected chi connectivity index (χ4v) is 5.02. The lowest BCUT2D eigenvalue weighted by atomic mass is 9.64. The molecule has 1 N–H and O–H groups in total. The van der Waals surface area contributed by atoms with E-state index in [1.54, 1.807) is 25.1 Å². The van der Waals surface area contributed by atoms with Crippen LogP contribution in [0.5, 0.6) is 0 Å². The molecule has 1 aliphatic heterocycles. The smallest absolute Gasteiger partial charge is 0.323 e. The van der Waals surface area contributed by atoms with E-state index < -0.39 is 11.5 Å². The molecule has 1 aromatic carbocycles. The molecule has 1 saturated heterocycles. The highest BCUT2D eigenvalue weighted by molar-refractivity contribution is 6.32. The van der Waals surface area contributed by atoms with Gasteiger partial charge in [0.15, 0.2) is 0 Å². The van der Waals surface area contributed by atoms with Gasteiger partial charge in [0, 0.05) is 37.3 Å². The Morgan fingerprint density at radius 2 is 2.17 bits per heavy atom. The molecule has 2 aromatic heterocycles. The van der Waals surface area contributed by atoms with Gasteiger partial charge in [-0.15, -0.1) is 15.3 Å². The molecule has 0 spiro atoms. The van der Waals surface area contributed by atoms with E-state index in [0.29, 0.717) is 34.1 Å². The minimum absolute atomic E-state index is 0.118. The highest BCUT2D eigenvalue weighted by atomic mass is 35.5. The Balaban J connectivity index is 1.43. The minimum atomic E-state index is -0.611. The van der Waals surface area contributed by atoms with E-state index in [1.807, 2.05) is 4.90 Å². The van der Waals surface area contributed by atoms with Crippen LogP contribution >= 0.6 is 11.6 Å². The normalized spacial score (nSPS) is 25.1. The summed E-state index contributed by atoms with van der Waals surface area (Å²) in [6.45, 7) is 3.92. The Morgan fingerprint density at radius 1 is 1.33 bits per heavy atom. The van der Waals surface area contributed by atoms with Crippen molar-refractivity contribution in [3.8, 4) is 5.69 Å². The number of aryl methyl sites for hydroxylation is 1. The number of carbonyl (C=O) groups is 1. The number of amides is 2. The first kappa shape index (κ1) is 19.0. The highest BCUT2D eigenvalue weighted by Crippen LogP contribution is 2.55. The van der Waals surface area contributed by atoms with Crippen LogP contribution in [-0.2, 0) is 5.54 Å². The summed E-state index contributed by atoms with van der Waals surface area (Å²) >= 11 is 6.24. The monoisotopic (exact) mass is 430 g/mol. The number of hydrogen-bond donors (Lipinski definition) is 1. The van der Waals surface area contributed by atoms with Gasteiger partial charge in [0.2, 0.25) is 17.7 Å². The lowest BCUT2D eigenvalue weighted by Crippen LogP contribution is -2.70. The van der Waals surface area contributed by atoms with Gasteiger partial charge in [-0.25, -0.2) is 9.48 Å². The van der Waals surface area contributed by atoms with Crippen LogP contribution < -0.4 is 5.32 Å². The molecule has 8 nitrogen and oxygen atoms in total. The molecular weight excluding hydrogens is 411 g/mol. The summed E-state index contributed by atoms with van der Waals surface area (Å²) in [5.41, 5.74) is 0.428. The van der Waals surface area contributed by atoms with Gasteiger partial charge in [0.25, 0.3) is 0 Å². The summed E-state index contributed by atoms with van der Waals surface area (Å²) in [6.07, 6.45) is 3.98. The molecule has 5 rings (SSSR count). The van der Waals surface area contributed by atoms with E-state index in [0.717, 1.165) is 19.3 Å². The van der Waals surface area contributed by atoms with E-state index in [4.69, 9.17) is 16.0 Å². The molecule has 1 unspecified atom stereocenters. The number of urea groups is 1. The SMILES string of the molecule is Cc1nnc(C23C[C@@H](C)C[C@H](C2)N3C(=O)Nc2ccc(Cl)c(-n3ccc(F)n3)c2)o1. The molecule has 2 aliphatic rings. The minimum Gasteiger partial charge on any atom is -0.423 e. The number of nitrogens with zero attached hydrogens (tertiary/aromatic N) is 5. The summed E-state index contributed by atoms with van der Waals surface area (Å²) in [5.74, 6) is 0.814. The maximum atomic E-state index is 13.3. The van der Waals surface area contributed by atoms with Gasteiger partial charge < -0.3 is 14.6 Å². The molecule has 2 fully saturated rings. The zero-order chi connectivity index (χ0) is 21.0. The second kappa shape index (κ2) is 6.80. The third-order valence-corrected chi connectivity index (χ3v) is 6.22. The number of halogens is 2. The van der Waals surface area contributed by atoms with Crippen molar-refractivity contribution in [2.45, 2.75) is 44.7 Å². The largest absolute Gasteiger partial charge is 0.423 e. The number of nitrogens with one attached hydrogen (secondary N) is 1. The molecule has 3 atom stereocenters. The van der Waals surface area contributed by atoms with Crippen molar-refractivity contribution in [1.82, 2.24) is 24.9 Å². The van der Waals surface area contributed by atoms with Crippen LogP contribution in [-0.4, -0.2) is 37.0 Å². The number of carbonyl (C=O) groups excluding carboxylic acids is 1. The molecule has 2 bridgehead atoms. The third-order valence-electron chi connectivity index (χ3n) is 5.90. The summed E-state index contributed by atoms with van der Waals surface area (Å²) in [7, 11) is 0. The number of aromatic nitrogens is 4. The first-order chi connectivity index (χ1) is 14.4. The fraction of sp³-hybridized carbons (Fsp3) is 0.400. The molecular formula is C20H20ClFN6O2. The first-order valence-electron chi connectivity index (χ1n) is 9.78. The summed E-state index contributed by atoms with van der Waals surface area (Å²) in [4.78, 5) is 15.1. The second-order valence-electron chi connectivity index (χ2n) is 8.11. The van der Waals surface area contributed by atoms with Crippen LogP contribution in [0.1, 0.15) is 38.0 Å². The number of likely N-dealkylation sites (tertiary alicyclic amines) is 1. The quantitative estimate of drug-likeness (QED) is 0.669. The Labute approximate surface area is 177 Å². The van der Waals surface area contributed by atoms with E-state index in [1.165, 1.54) is 16.9 Å². The van der Waals surface area contributed by atoms with Crippen LogP contribution in [0, 0.1) is 18.8 Å². The molecule has 30 heavy (non-hydrogen) atoms. The Morgan fingerprint density at radius 3 is 2.87 bits per heavy atom. The molecule has 10 heteroatoms. The fourth-order valence-electron chi connectivity index (χ4n) is 4.82. The Hall–Kier alpha value is -2.94. The van der Waals surface area contributed by atoms with Gasteiger partial charge in [0.1, 0.15) is 5.54 Å². The zero-order valence-electron chi connectivity index (χ0n) is 16.5. The van der Waals surface area contributed by atoms with Gasteiger partial charge in [-0.05, 0) is 37.0 Å². The van der Waals surface area contributed by atoms with E-state index in [-0.39, 0.29) is 12.1 Å². The molecule has 1 saturated carbocycles. The third kappa shape index (κ3) is 2.96. The average Bonchev–Trinajstić information content (AvgIpc) is 3.31. The molecule has 0 radical (unpaired) electrons. The van der Waals surface area contributed by atoms with E-state index in [2.05, 4.69) is 27.5 Å². The number of piperidine rings is 1. The van der Waals surface area contributed by atoms with Gasteiger partial charge >= 0.3 is 6.03 Å². The maximum Gasteiger partial charge on any atom is 0.323 e. The zero-order valence-corrected chi connectivity index (χ0v) is 17.2. The van der Waals surface area contributed by atoms with Crippen molar-refractivity contribution in [2.24, 2.45) is 5.92 Å². The molecule has 2 amide bonds. The number of benzene rings is 1. The Bertz CT molecular complexity index is 1130. The van der Waals surface area contributed by atoms with Gasteiger partial charge in [0.05, 0.1) is 10.7 Å². The van der Waals surface area contributed by atoms with Crippen molar-refractivity contribution in [1.29, 1.82) is 0 Å². The second-order valence-corrected chi connectivity index (χ2v) is 8.52. The summed E-state index contributed by atoms with van der Waals surface area (Å²) in [6, 6.07) is 6.11. The van der Waals surface area contributed by atoms with Crippen LogP contribution in [0.2, 0.25) is 5.02 Å². The summed E-state index contributed by atoms with van der Waals surface area (Å²) < 4.78 is 20.4. The first-order valence-corrected chi connectivity index (χ1v) is 10.2. The van der Waals surface area contributed by atoms with Crippen LogP contribution in [0.15, 0.2) is 34.9 Å². The lowest BCUT2D eigenvalue weighted by Gasteiger charge is -2.61. The van der Waals surface area contributed by atoms with Gasteiger partial charge in [-0.1, -0.05) is 18.5 Å². The van der Waals surface area contributed by atoms with Crippen molar-refractivity contribution in [3.63, 3.8) is 0 Å². The predicted molar refractivity (Wildman–Crippen MR) is 107 cm³/mol. The van der Waals surface area contributed by atoms with Crippen molar-refractivity contribution < 1.29 is 13.6 Å². The standard InChI is InChI=1S/C20H20ClFN6O2/c1-11-7-14-10-20(9-11,18-25-24-12(2)30-18)28(14)19(29)23-13-3-4-15(21)16(8-13)27-6-5-17(22)26-27/h3-6,8,11,14H,7,9-10H2,1-2H3,(H,23,29)/t11-,14+,20?/m0/s1. The average molecular weight is 431 g/mol. The number of fused-ring (bicyclic) bond motifs is 2. The predicted octanol–water partition coefficient (Wildman–Crippen LogP) is 4.29. The highest BCUT2D eigenvalue weighted by Gasteiger charge is 2.62. The van der Waals surface area contributed by atoms with Gasteiger partial charge in [-0.2, -0.15) is 4.39 Å². The van der Waals surface area contributed by atoms with Crippen LogP contribution in [0.3, 0.4) is 0 Å². The molecule has 3 heterocycles. The number of anilines is 1. The van der Waals surface area contributed by atoms with Crippen LogP contribution in [0.25, 0.3) is 5.69 Å². The number of hydrogen-bond acceptors (Lipinski definition) is 5. The Kier molecular flexibility index (Phi) is 4.32. The van der Waals surface area contributed by atoms with Crippen molar-refractivity contribution in [3.05, 3.63) is 53.2 Å². The van der Waals surface area contributed by atoms with E-state index in [9.17, 15) is 9.18 Å². The topological polar surface area (TPSA) is 89.1 Å². The van der Waals surface area contributed by atoms with Gasteiger partial charge in [-0.3, -0.25) is 0 Å². The van der Waals surface area contributed by atoms with E-state index >= 15 is 0 Å². The molecule has 3 aromatic rings. The lowest BCUT2D eigenvalue weighted by molar-refractivity contribution is -0.110. The summed E-state index contributed by atoms with van der Waals surface area (Å²) in [5, 5.41) is 15.3. The molecule has 156 valence electrons. The molecule has 1 aliphatic carbocycles. The van der Waals surface area contributed by atoms with Crippen molar-refractivity contribution >= 4 is 23.3 Å². The van der Waals surface area contributed by atoms with Crippen LogP contribution in [0.4, 0.5) is 14.9 Å². The maximum absolute atomic E-state index is 13.3. The van der Waals surface area contributed by atoms with Crippen molar-refractivity contribution in [2.75, 3.05) is 5.32 Å².